The van der Waals surface area contributed by atoms with Gasteiger partial charge in [-0.15, -0.1) is 0 Å². The Bertz CT molecular complexity index is 747. The third-order valence-corrected chi connectivity index (χ3v) is 3.76. The first-order chi connectivity index (χ1) is 9.40. The largest absolute Gasteiger partial charge is 0.397 e. The molecule has 10 heteroatoms. The zero-order valence-electron chi connectivity index (χ0n) is 9.92. The van der Waals surface area contributed by atoms with Gasteiger partial charge in [-0.1, -0.05) is 0 Å². The Kier molecular flexibility index (Phi) is 3.48. The summed E-state index contributed by atoms with van der Waals surface area (Å²) in [7, 11) is -3.96. The summed E-state index contributed by atoms with van der Waals surface area (Å²) < 4.78 is 26.4. The lowest BCUT2D eigenvalue weighted by Gasteiger charge is -2.09. The highest BCUT2D eigenvalue weighted by Gasteiger charge is 2.20. The lowest BCUT2D eigenvalue weighted by Crippen LogP contribution is -2.15. The minimum absolute atomic E-state index is 0.158. The molecule has 0 unspecified atom stereocenters. The molecule has 1 aromatic heterocycles. The van der Waals surface area contributed by atoms with Crippen molar-refractivity contribution in [3.8, 4) is 0 Å². The number of nitrogens with one attached hydrogen (secondary N) is 1. The quantitative estimate of drug-likeness (QED) is 0.482. The number of hydrogen-bond acceptors (Lipinski definition) is 7. The van der Waals surface area contributed by atoms with Gasteiger partial charge in [0.1, 0.15) is 11.2 Å². The molecule has 9 nitrogen and oxygen atoms in total. The molecule has 3 N–H and O–H groups in total. The normalized spacial score (nSPS) is 11.0. The molecule has 0 radical (unpaired) electrons. The summed E-state index contributed by atoms with van der Waals surface area (Å²) in [5.74, 6) is 0. The van der Waals surface area contributed by atoms with Crippen molar-refractivity contribution in [1.29, 1.82) is 0 Å². The van der Waals surface area contributed by atoms with Gasteiger partial charge in [0, 0.05) is 12.1 Å². The maximum absolute atomic E-state index is 12.1. The van der Waals surface area contributed by atoms with Crippen molar-refractivity contribution in [2.45, 2.75) is 4.90 Å². The Morgan fingerprint density at radius 3 is 2.45 bits per heavy atom. The fraction of sp³-hybridized carbons (Fsp3) is 0. The van der Waals surface area contributed by atoms with Crippen LogP contribution in [-0.2, 0) is 10.0 Å². The second-order valence-corrected chi connectivity index (χ2v) is 5.36. The second-order valence-electron chi connectivity index (χ2n) is 3.71. The van der Waals surface area contributed by atoms with Crippen LogP contribution in [0.3, 0.4) is 0 Å². The van der Waals surface area contributed by atoms with Crippen LogP contribution in [0.1, 0.15) is 0 Å². The molecule has 1 aromatic carbocycles. The molecule has 0 saturated heterocycles. The number of hydrogen-bond donors (Lipinski definition) is 2. The molecule has 0 aliphatic rings. The highest BCUT2D eigenvalue weighted by atomic mass is 32.2. The van der Waals surface area contributed by atoms with Gasteiger partial charge in [0.2, 0.25) is 0 Å². The van der Waals surface area contributed by atoms with E-state index in [4.69, 9.17) is 5.73 Å². The topological polar surface area (TPSA) is 141 Å². The number of nitrogens with two attached hydrogens (primary N) is 1. The van der Waals surface area contributed by atoms with Crippen molar-refractivity contribution in [2.24, 2.45) is 0 Å². The lowest BCUT2D eigenvalue weighted by molar-refractivity contribution is -0.384. The summed E-state index contributed by atoms with van der Waals surface area (Å²) in [5, 5.41) is 10.6. The molecule has 2 rings (SSSR count). The van der Waals surface area contributed by atoms with Crippen molar-refractivity contribution in [2.75, 3.05) is 10.5 Å². The summed E-state index contributed by atoms with van der Waals surface area (Å²) in [6.07, 6.45) is 3.79. The van der Waals surface area contributed by atoms with Crippen LogP contribution in [0.4, 0.5) is 17.1 Å². The zero-order chi connectivity index (χ0) is 14.8. The van der Waals surface area contributed by atoms with Crippen molar-refractivity contribution in [1.82, 2.24) is 9.97 Å². The van der Waals surface area contributed by atoms with E-state index in [-0.39, 0.29) is 22.0 Å². The van der Waals surface area contributed by atoms with Crippen LogP contribution >= 0.6 is 0 Å². The maximum atomic E-state index is 12.1. The number of nitrogen functional groups attached to an aromatic ring is 1. The number of nitrogens with zero attached hydrogens (tertiary/aromatic N) is 3. The number of nitro groups is 1. The SMILES string of the molecule is Nc1cc([N+](=O)[O-])ccc1S(=O)(=O)Nc1cncnc1. The second kappa shape index (κ2) is 5.09. The van der Waals surface area contributed by atoms with Crippen LogP contribution in [-0.4, -0.2) is 23.3 Å². The number of rotatable bonds is 4. The van der Waals surface area contributed by atoms with E-state index >= 15 is 0 Å². The van der Waals surface area contributed by atoms with Gasteiger partial charge in [0.05, 0.1) is 28.7 Å². The molecule has 1 heterocycles. The third-order valence-electron chi connectivity index (χ3n) is 2.31. The predicted molar refractivity (Wildman–Crippen MR) is 70.3 cm³/mol. The molecular formula is C10H9N5O4S. The zero-order valence-corrected chi connectivity index (χ0v) is 10.7. The van der Waals surface area contributed by atoms with Gasteiger partial charge in [0.15, 0.2) is 0 Å². The van der Waals surface area contributed by atoms with Gasteiger partial charge in [-0.25, -0.2) is 18.4 Å². The summed E-state index contributed by atoms with van der Waals surface area (Å²) in [4.78, 5) is 17.0. The van der Waals surface area contributed by atoms with E-state index in [0.717, 1.165) is 18.2 Å². The highest BCUT2D eigenvalue weighted by Crippen LogP contribution is 2.25. The molecule has 0 atom stereocenters. The molecular weight excluding hydrogens is 286 g/mol. The Morgan fingerprint density at radius 2 is 1.90 bits per heavy atom. The molecule has 0 saturated carbocycles. The van der Waals surface area contributed by atoms with Gasteiger partial charge in [0.25, 0.3) is 15.7 Å². The van der Waals surface area contributed by atoms with Gasteiger partial charge < -0.3 is 5.73 Å². The first-order valence-electron chi connectivity index (χ1n) is 5.22. The van der Waals surface area contributed by atoms with Crippen LogP contribution in [0.5, 0.6) is 0 Å². The molecule has 0 aliphatic carbocycles. The molecule has 0 spiro atoms. The van der Waals surface area contributed by atoms with E-state index in [1.807, 2.05) is 0 Å². The maximum Gasteiger partial charge on any atom is 0.271 e. The lowest BCUT2D eigenvalue weighted by atomic mass is 10.3. The Hall–Kier alpha value is -2.75. The van der Waals surface area contributed by atoms with Crippen LogP contribution < -0.4 is 10.5 Å². The summed E-state index contributed by atoms with van der Waals surface area (Å²) in [6.45, 7) is 0. The molecule has 0 amide bonds. The van der Waals surface area contributed by atoms with Crippen molar-refractivity contribution in [3.63, 3.8) is 0 Å². The van der Waals surface area contributed by atoms with Gasteiger partial charge in [-0.3, -0.25) is 14.8 Å². The molecule has 0 bridgehead atoms. The number of non-ortho nitro benzene ring substituents is 1. The third kappa shape index (κ3) is 2.80. The molecule has 2 aromatic rings. The average molecular weight is 295 g/mol. The average Bonchev–Trinajstić information content (AvgIpc) is 2.38. The number of nitro benzene ring substituents is 1. The van der Waals surface area contributed by atoms with Gasteiger partial charge in [-0.2, -0.15) is 0 Å². The molecule has 0 fully saturated rings. The smallest absolute Gasteiger partial charge is 0.271 e. The van der Waals surface area contributed by atoms with Crippen LogP contribution in [0, 0.1) is 10.1 Å². The highest BCUT2D eigenvalue weighted by molar-refractivity contribution is 7.92. The van der Waals surface area contributed by atoms with E-state index in [1.54, 1.807) is 0 Å². The minimum atomic E-state index is -3.96. The van der Waals surface area contributed by atoms with Gasteiger partial charge in [-0.05, 0) is 6.07 Å². The van der Waals surface area contributed by atoms with Crippen molar-refractivity contribution < 1.29 is 13.3 Å². The van der Waals surface area contributed by atoms with E-state index in [2.05, 4.69) is 14.7 Å². The minimum Gasteiger partial charge on any atom is -0.397 e. The van der Waals surface area contributed by atoms with E-state index in [0.29, 0.717) is 0 Å². The molecule has 104 valence electrons. The monoisotopic (exact) mass is 295 g/mol. The summed E-state index contributed by atoms with van der Waals surface area (Å²) in [5.41, 5.74) is 5.20. The number of sulfonamides is 1. The Balaban J connectivity index is 2.37. The number of aromatic nitrogens is 2. The number of anilines is 2. The molecule has 0 aliphatic heterocycles. The summed E-state index contributed by atoms with van der Waals surface area (Å²) in [6, 6.07) is 3.11. The standard InChI is InChI=1S/C10H9N5O4S/c11-9-3-8(15(16)17)1-2-10(9)20(18,19)14-7-4-12-6-13-5-7/h1-6,14H,11H2. The van der Waals surface area contributed by atoms with Crippen LogP contribution in [0.2, 0.25) is 0 Å². The predicted octanol–water partition coefficient (Wildman–Crippen LogP) is 0.768. The van der Waals surface area contributed by atoms with E-state index in [1.165, 1.54) is 18.7 Å². The van der Waals surface area contributed by atoms with E-state index in [9.17, 15) is 18.5 Å². The van der Waals surface area contributed by atoms with Crippen LogP contribution in [0.25, 0.3) is 0 Å². The van der Waals surface area contributed by atoms with Crippen molar-refractivity contribution in [3.05, 3.63) is 47.0 Å². The fourth-order valence-electron chi connectivity index (χ4n) is 1.46. The Labute approximate surface area is 113 Å². The summed E-state index contributed by atoms with van der Waals surface area (Å²) >= 11 is 0. The number of benzene rings is 1. The first-order valence-corrected chi connectivity index (χ1v) is 6.70. The van der Waals surface area contributed by atoms with E-state index < -0.39 is 14.9 Å². The molecule has 20 heavy (non-hydrogen) atoms. The first kappa shape index (κ1) is 13.7. The van der Waals surface area contributed by atoms with Crippen molar-refractivity contribution >= 4 is 27.1 Å². The van der Waals surface area contributed by atoms with Crippen LogP contribution in [0.15, 0.2) is 41.8 Å². The van der Waals surface area contributed by atoms with Gasteiger partial charge >= 0.3 is 0 Å². The fourth-order valence-corrected chi connectivity index (χ4v) is 2.60. The Morgan fingerprint density at radius 1 is 1.25 bits per heavy atom.